The van der Waals surface area contributed by atoms with E-state index in [0.29, 0.717) is 0 Å². The van der Waals surface area contributed by atoms with Gasteiger partial charge >= 0.3 is 23.1 Å². The van der Waals surface area contributed by atoms with Crippen LogP contribution < -0.4 is 39.7 Å². The monoisotopic (exact) mass is 303 g/mol. The molecule has 0 amide bonds. The summed E-state index contributed by atoms with van der Waals surface area (Å²) < 4.78 is 0. The van der Waals surface area contributed by atoms with Gasteiger partial charge in [0, 0.05) is 5.69 Å². The van der Waals surface area contributed by atoms with Gasteiger partial charge in [-0.05, 0) is 25.0 Å². The zero-order chi connectivity index (χ0) is 6.85. The van der Waals surface area contributed by atoms with Gasteiger partial charge in [0.25, 0.3) is 0 Å². The summed E-state index contributed by atoms with van der Waals surface area (Å²) in [7, 11) is 0. The molecule has 1 aromatic carbocycles. The largest absolute Gasteiger partial charge is 2.00 e. The Bertz CT molecular complexity index is 208. The Morgan fingerprint density at radius 1 is 1.00 bits per heavy atom. The molecule has 12 heavy (non-hydrogen) atoms. The van der Waals surface area contributed by atoms with Gasteiger partial charge in [0.2, 0.25) is 0 Å². The number of para-hydroxylation sites is 1. The third-order valence-corrected chi connectivity index (χ3v) is 1.54. The minimum atomic E-state index is 0. The molecule has 0 spiro atoms. The third kappa shape index (κ3) is 4.69. The molecule has 0 aliphatic rings. The predicted octanol–water partition coefficient (Wildman–Crippen LogP) is -4.49. The summed E-state index contributed by atoms with van der Waals surface area (Å²) >= 11 is 0. The fourth-order valence-electron chi connectivity index (χ4n) is 0.827. The minimum Gasteiger partial charge on any atom is -1.00 e. The van der Waals surface area contributed by atoms with Crippen molar-refractivity contribution in [1.82, 2.24) is 0 Å². The van der Waals surface area contributed by atoms with Crippen molar-refractivity contribution >= 4 is 28.7 Å². The number of hydrogen-bond acceptors (Lipinski definition) is 1. The van der Waals surface area contributed by atoms with E-state index in [2.05, 4.69) is 0 Å². The van der Waals surface area contributed by atoms with Crippen LogP contribution in [0.1, 0.15) is 11.1 Å². The van der Waals surface area contributed by atoms with E-state index in [9.17, 15) is 0 Å². The third-order valence-electron chi connectivity index (χ3n) is 1.54. The Hall–Kier alpha value is 0.746. The maximum atomic E-state index is 5.68. The molecule has 1 rings (SSSR count). The first-order valence-corrected chi connectivity index (χ1v) is 3.03. The van der Waals surface area contributed by atoms with Crippen molar-refractivity contribution in [2.24, 2.45) is 0 Å². The fraction of sp³-hybridized carbons (Fsp3) is 0.250. The molecule has 2 N–H and O–H groups in total. The van der Waals surface area contributed by atoms with Gasteiger partial charge in [0.15, 0.2) is 0 Å². The van der Waals surface area contributed by atoms with Gasteiger partial charge in [0.1, 0.15) is 0 Å². The molecule has 1 nitrogen and oxygen atoms in total. The van der Waals surface area contributed by atoms with Crippen molar-refractivity contribution in [1.29, 1.82) is 0 Å². The van der Waals surface area contributed by atoms with Gasteiger partial charge in [-0.1, -0.05) is 18.2 Å². The summed E-state index contributed by atoms with van der Waals surface area (Å²) in [5.41, 5.74) is 8.92. The van der Waals surface area contributed by atoms with Crippen molar-refractivity contribution in [3.63, 3.8) is 0 Å². The molecule has 0 radical (unpaired) electrons. The number of aryl methyl sites for hydroxylation is 2. The van der Waals surface area contributed by atoms with E-state index in [0.717, 1.165) is 16.8 Å². The molecule has 64 valence electrons. The fourth-order valence-corrected chi connectivity index (χ4v) is 0.827. The molecule has 0 aliphatic heterocycles. The van der Waals surface area contributed by atoms with E-state index >= 15 is 0 Å². The summed E-state index contributed by atoms with van der Waals surface area (Å²) in [5.74, 6) is 0. The molecule has 1 aromatic rings. The van der Waals surface area contributed by atoms with Crippen molar-refractivity contribution in [3.8, 4) is 0 Å². The molecule has 0 atom stereocenters. The summed E-state index contributed by atoms with van der Waals surface area (Å²) in [4.78, 5) is 0. The van der Waals surface area contributed by atoms with Crippen molar-refractivity contribution < 1.29 is 34.0 Å². The van der Waals surface area contributed by atoms with Gasteiger partial charge in [-0.3, -0.25) is 0 Å². The van der Waals surface area contributed by atoms with Crippen LogP contribution in [0.3, 0.4) is 0 Å². The molecule has 0 fully saturated rings. The van der Waals surface area contributed by atoms with Gasteiger partial charge in [-0.15, -0.1) is 0 Å². The molecule has 0 aliphatic carbocycles. The minimum absolute atomic E-state index is 0. The second kappa shape index (κ2) is 8.35. The second-order valence-corrected chi connectivity index (χ2v) is 2.31. The molecule has 4 heteroatoms. The number of nitrogen functional groups attached to an aromatic ring is 1. The Kier molecular flexibility index (Phi) is 12.9. The van der Waals surface area contributed by atoms with E-state index in [1.165, 1.54) is 0 Å². The zero-order valence-electron chi connectivity index (χ0n) is 7.27. The van der Waals surface area contributed by atoms with Crippen LogP contribution in [0.2, 0.25) is 0 Å². The first-order valence-electron chi connectivity index (χ1n) is 3.03. The molecule has 0 heterocycles. The van der Waals surface area contributed by atoms with Crippen LogP contribution in [-0.4, -0.2) is 23.1 Å². The maximum absolute atomic E-state index is 5.68. The quantitative estimate of drug-likeness (QED) is 0.380. The van der Waals surface area contributed by atoms with E-state index in [1.54, 1.807) is 0 Å². The Morgan fingerprint density at radius 2 is 1.33 bits per heavy atom. The van der Waals surface area contributed by atoms with Crippen molar-refractivity contribution in [2.45, 2.75) is 13.8 Å². The molecule has 0 saturated carbocycles. The van der Waals surface area contributed by atoms with Gasteiger partial charge in [0.05, 0.1) is 0 Å². The molecular weight excluding hydrogens is 294 g/mol. The second-order valence-electron chi connectivity index (χ2n) is 2.31. The summed E-state index contributed by atoms with van der Waals surface area (Å²) in [5, 5.41) is 0. The topological polar surface area (TPSA) is 26.0 Å². The molecule has 0 saturated heterocycles. The smallest absolute Gasteiger partial charge is 1.00 e. The SMILES string of the molecule is Cc1cccc(C)c1N.[Br-].[Br-].[Mg+2]. The normalized spacial score (nSPS) is 7.17. The number of rotatable bonds is 0. The van der Waals surface area contributed by atoms with Crippen LogP contribution in [0.25, 0.3) is 0 Å². The van der Waals surface area contributed by atoms with Gasteiger partial charge in [-0.25, -0.2) is 0 Å². The standard InChI is InChI=1S/C8H11N.2BrH.Mg/c1-6-4-3-5-7(2)8(6)9;;;/h3-5H,9H2,1-2H3;2*1H;/q;;;+2/p-2. The summed E-state index contributed by atoms with van der Waals surface area (Å²) in [6, 6.07) is 6.05. The van der Waals surface area contributed by atoms with Crippen LogP contribution in [-0.2, 0) is 0 Å². The average Bonchev–Trinajstić information content (AvgIpc) is 1.83. The summed E-state index contributed by atoms with van der Waals surface area (Å²) in [6.45, 7) is 4.03. The van der Waals surface area contributed by atoms with Crippen LogP contribution in [0.5, 0.6) is 0 Å². The van der Waals surface area contributed by atoms with Crippen LogP contribution in [0, 0.1) is 13.8 Å². The number of anilines is 1. The molecule has 0 unspecified atom stereocenters. The van der Waals surface area contributed by atoms with Crippen LogP contribution >= 0.6 is 0 Å². The predicted molar refractivity (Wildman–Crippen MR) is 46.1 cm³/mol. The molecule has 0 aromatic heterocycles. The number of benzene rings is 1. The van der Waals surface area contributed by atoms with Crippen molar-refractivity contribution in [3.05, 3.63) is 29.3 Å². The van der Waals surface area contributed by atoms with Crippen LogP contribution in [0.15, 0.2) is 18.2 Å². The Balaban J connectivity index is -0.000000270. The average molecular weight is 305 g/mol. The first-order chi connectivity index (χ1) is 4.22. The number of halogens is 2. The first kappa shape index (κ1) is 18.5. The van der Waals surface area contributed by atoms with Gasteiger partial charge in [-0.2, -0.15) is 0 Å². The van der Waals surface area contributed by atoms with Gasteiger partial charge < -0.3 is 39.7 Å². The van der Waals surface area contributed by atoms with Crippen molar-refractivity contribution in [2.75, 3.05) is 5.73 Å². The zero-order valence-corrected chi connectivity index (χ0v) is 11.9. The van der Waals surface area contributed by atoms with E-state index in [-0.39, 0.29) is 57.0 Å². The Labute approximate surface area is 111 Å². The maximum Gasteiger partial charge on any atom is 2.00 e. The van der Waals surface area contributed by atoms with E-state index in [1.807, 2.05) is 32.0 Å². The van der Waals surface area contributed by atoms with Crippen LogP contribution in [0.4, 0.5) is 5.69 Å². The summed E-state index contributed by atoms with van der Waals surface area (Å²) in [6.07, 6.45) is 0. The Morgan fingerprint density at radius 3 is 1.58 bits per heavy atom. The number of nitrogens with two attached hydrogens (primary N) is 1. The molecular formula is C8H11Br2MgN. The van der Waals surface area contributed by atoms with E-state index < -0.39 is 0 Å². The number of hydrogen-bond donors (Lipinski definition) is 1. The molecule has 0 bridgehead atoms. The van der Waals surface area contributed by atoms with E-state index in [4.69, 9.17) is 5.73 Å².